The number of likely N-dealkylation sites (tertiary alicyclic amines) is 2. The number of nitrogens with zero attached hydrogens (tertiary/aromatic N) is 8. The molecule has 6 heterocycles. The molecule has 0 atom stereocenters. The molecule has 6 aromatic rings. The Morgan fingerprint density at radius 1 is 0.566 bits per heavy atom. The zero-order valence-corrected chi connectivity index (χ0v) is 56.4. The Kier molecular flexibility index (Phi) is 20.4. The second-order valence-corrected chi connectivity index (χ2v) is 29.4. The molecule has 16 nitrogen and oxygen atoms in total. The van der Waals surface area contributed by atoms with Crippen molar-refractivity contribution in [3.8, 4) is 34.0 Å². The smallest absolute Gasteiger partial charge is 0.311 e. The van der Waals surface area contributed by atoms with Crippen LogP contribution >= 0.6 is 54.5 Å². The average molecular weight is 1310 g/mol. The maximum absolute atomic E-state index is 13.2. The molecular formula is C63H84Br2N8O8S2. The Balaban J connectivity index is 0.000000239. The van der Waals surface area contributed by atoms with E-state index in [0.29, 0.717) is 53.9 Å². The predicted molar refractivity (Wildman–Crippen MR) is 337 cm³/mol. The van der Waals surface area contributed by atoms with Crippen LogP contribution in [0.15, 0.2) is 44.0 Å². The number of amides is 2. The van der Waals surface area contributed by atoms with E-state index in [-0.39, 0.29) is 65.4 Å². The van der Waals surface area contributed by atoms with Crippen molar-refractivity contribution >= 4 is 78.3 Å². The molecule has 0 radical (unpaired) electrons. The number of thiazole rings is 2. The molecule has 8 rings (SSSR count). The lowest BCUT2D eigenvalue weighted by atomic mass is 9.78. The zero-order chi connectivity index (χ0) is 61.3. The first-order valence-corrected chi connectivity index (χ1v) is 31.7. The number of carbonyl (C=O) groups is 4. The summed E-state index contributed by atoms with van der Waals surface area (Å²) in [4.78, 5) is 63.1. The van der Waals surface area contributed by atoms with Crippen LogP contribution in [0, 0.1) is 13.8 Å². The first-order chi connectivity index (χ1) is 38.7. The van der Waals surface area contributed by atoms with E-state index in [4.69, 9.17) is 29.3 Å². The topological polar surface area (TPSA) is 184 Å². The van der Waals surface area contributed by atoms with Gasteiger partial charge in [0.2, 0.25) is 11.8 Å². The number of aromatic nitrogens is 6. The minimum atomic E-state index is -0.953. The molecule has 83 heavy (non-hydrogen) atoms. The number of ether oxygens (including phenoxy) is 3. The van der Waals surface area contributed by atoms with Gasteiger partial charge in [0.1, 0.15) is 24.6 Å². The molecule has 2 amide bonds. The molecule has 0 spiro atoms. The van der Waals surface area contributed by atoms with Crippen molar-refractivity contribution in [2.24, 2.45) is 0 Å². The summed E-state index contributed by atoms with van der Waals surface area (Å²) in [6, 6.07) is 8.93. The third kappa shape index (κ3) is 15.3. The SMILES string of the molecule is COC(=O)Cc1nn(CC(=O)N2CCC(c3nc(-c4cc(C(C)(C)C)c(OC)c(C(C)(C)C)c4)cs3)CC2)c(C)c1Br.COc1c(C(C)(C)C)cc(-c2csc(C3CCN(C(=O)Cn4nc(CC(=O)O)c(Br)c4C)CC3)n2)cc1C(C)(C)C. The highest BCUT2D eigenvalue weighted by Crippen LogP contribution is 2.46. The van der Waals surface area contributed by atoms with Gasteiger partial charge in [-0.15, -0.1) is 22.7 Å². The second kappa shape index (κ2) is 26.0. The molecular weight excluding hydrogens is 1220 g/mol. The van der Waals surface area contributed by atoms with E-state index in [1.54, 1.807) is 46.3 Å². The van der Waals surface area contributed by atoms with Crippen molar-refractivity contribution < 1.29 is 38.5 Å². The van der Waals surface area contributed by atoms with Crippen LogP contribution < -0.4 is 9.47 Å². The summed E-state index contributed by atoms with van der Waals surface area (Å²) in [6.07, 6.45) is 3.33. The molecule has 4 aromatic heterocycles. The van der Waals surface area contributed by atoms with Crippen molar-refractivity contribution in [2.75, 3.05) is 47.5 Å². The van der Waals surface area contributed by atoms with E-state index in [1.807, 2.05) is 23.6 Å². The van der Waals surface area contributed by atoms with Crippen LogP contribution in [0.5, 0.6) is 11.5 Å². The minimum absolute atomic E-state index is 0.00842. The van der Waals surface area contributed by atoms with Gasteiger partial charge in [-0.1, -0.05) is 83.1 Å². The number of carbonyl (C=O) groups excluding carboxylic acids is 3. The third-order valence-corrected chi connectivity index (χ3v) is 19.8. The van der Waals surface area contributed by atoms with Crippen molar-refractivity contribution in [3.05, 3.63) is 99.0 Å². The van der Waals surface area contributed by atoms with Crippen LogP contribution in [0.1, 0.15) is 176 Å². The number of halogens is 2. The lowest BCUT2D eigenvalue weighted by Crippen LogP contribution is -2.40. The Morgan fingerprint density at radius 3 is 1.18 bits per heavy atom. The van der Waals surface area contributed by atoms with E-state index in [1.165, 1.54) is 29.4 Å². The van der Waals surface area contributed by atoms with Crippen LogP contribution in [0.25, 0.3) is 22.5 Å². The maximum atomic E-state index is 13.2. The normalized spacial score (nSPS) is 14.8. The summed E-state index contributed by atoms with van der Waals surface area (Å²) < 4.78 is 21.3. The van der Waals surface area contributed by atoms with Crippen molar-refractivity contribution in [1.29, 1.82) is 0 Å². The Labute approximate surface area is 515 Å². The lowest BCUT2D eigenvalue weighted by molar-refractivity contribution is -0.140. The number of hydrogen-bond acceptors (Lipinski definition) is 13. The fourth-order valence-electron chi connectivity index (χ4n) is 10.7. The summed E-state index contributed by atoms with van der Waals surface area (Å²) in [5.41, 5.74) is 11.2. The van der Waals surface area contributed by atoms with E-state index in [2.05, 4.69) is 160 Å². The quantitative estimate of drug-likeness (QED) is 0.102. The lowest BCUT2D eigenvalue weighted by Gasteiger charge is -2.31. The predicted octanol–water partition coefficient (Wildman–Crippen LogP) is 13.5. The molecule has 0 unspecified atom stereocenters. The van der Waals surface area contributed by atoms with Crippen LogP contribution in [0.3, 0.4) is 0 Å². The highest BCUT2D eigenvalue weighted by molar-refractivity contribution is 9.10. The molecule has 0 saturated carbocycles. The van der Waals surface area contributed by atoms with Crippen LogP contribution in [0.2, 0.25) is 0 Å². The van der Waals surface area contributed by atoms with Gasteiger partial charge < -0.3 is 29.1 Å². The summed E-state index contributed by atoms with van der Waals surface area (Å²) in [7, 11) is 4.86. The van der Waals surface area contributed by atoms with Gasteiger partial charge in [-0.3, -0.25) is 28.5 Å². The maximum Gasteiger partial charge on any atom is 0.311 e. The van der Waals surface area contributed by atoms with Crippen molar-refractivity contribution in [2.45, 2.75) is 182 Å². The number of carboxylic acid groups (broad SMARTS) is 1. The van der Waals surface area contributed by atoms with Crippen LogP contribution in [0.4, 0.5) is 0 Å². The number of piperidine rings is 2. The van der Waals surface area contributed by atoms with Gasteiger partial charge in [0.05, 0.1) is 87.3 Å². The average Bonchev–Trinajstić information content (AvgIpc) is 2.84. The number of methoxy groups -OCH3 is 3. The van der Waals surface area contributed by atoms with Gasteiger partial charge in [0.15, 0.2) is 0 Å². The highest BCUT2D eigenvalue weighted by Gasteiger charge is 2.33. The summed E-state index contributed by atoms with van der Waals surface area (Å²) >= 11 is 10.3. The fraction of sp³-hybridized carbons (Fsp3) is 0.556. The number of aliphatic carboxylic acids is 1. The summed E-state index contributed by atoms with van der Waals surface area (Å²) in [5, 5.41) is 24.5. The van der Waals surface area contributed by atoms with Gasteiger partial charge in [-0.05, 0) is 117 Å². The number of carboxylic acids is 1. The molecule has 20 heteroatoms. The molecule has 0 aliphatic carbocycles. The molecule has 2 saturated heterocycles. The standard InChI is InChI=1S/C32H43BrN4O4S.C31H41BrN4O4S/c1-19-28(33)24(16-27(39)40-8)35-37(19)17-26(38)36-12-10-20(11-13-36)30-34-25(18-42-30)21-14-22(31(2,3)4)29(41-9)23(15-21)32(5,6)7;1-18-27(32)23(15-26(38)39)34-36(18)16-25(37)35-11-9-19(10-12-35)29-33-24(17-41-29)20-13-21(30(2,3)4)28(40-8)22(14-20)31(5,6)7/h14-15,18,20H,10-13,16-17H2,1-9H3;13-14,17,19H,9-12,15-16H2,1-8H3,(H,38,39). The highest BCUT2D eigenvalue weighted by atomic mass is 79.9. The van der Waals surface area contributed by atoms with Crippen LogP contribution in [-0.2, 0) is 71.5 Å². The van der Waals surface area contributed by atoms with E-state index < -0.39 is 5.97 Å². The monoisotopic (exact) mass is 1300 g/mol. The Bertz CT molecular complexity index is 3260. The molecule has 2 aromatic carbocycles. The van der Waals surface area contributed by atoms with Gasteiger partial charge >= 0.3 is 11.9 Å². The molecule has 0 bridgehead atoms. The van der Waals surface area contributed by atoms with E-state index >= 15 is 0 Å². The van der Waals surface area contributed by atoms with Gasteiger partial charge in [0.25, 0.3) is 0 Å². The fourth-order valence-corrected chi connectivity index (χ4v) is 13.6. The second-order valence-electron chi connectivity index (χ2n) is 26.0. The van der Waals surface area contributed by atoms with E-state index in [9.17, 15) is 19.2 Å². The van der Waals surface area contributed by atoms with Crippen molar-refractivity contribution in [3.63, 3.8) is 0 Å². The molecule has 450 valence electrons. The Hall–Kier alpha value is -5.44. The van der Waals surface area contributed by atoms with Gasteiger partial charge in [-0.2, -0.15) is 10.2 Å². The van der Waals surface area contributed by atoms with Crippen molar-refractivity contribution in [1.82, 2.24) is 39.3 Å². The molecule has 2 aliphatic rings. The third-order valence-electron chi connectivity index (χ3n) is 15.7. The number of benzene rings is 2. The van der Waals surface area contributed by atoms with Gasteiger partial charge in [-0.25, -0.2) is 9.97 Å². The number of rotatable bonds is 14. The van der Waals surface area contributed by atoms with E-state index in [0.717, 1.165) is 85.6 Å². The zero-order valence-electron chi connectivity index (χ0n) is 51.6. The van der Waals surface area contributed by atoms with Crippen LogP contribution in [-0.4, -0.2) is 116 Å². The molecule has 2 aliphatic heterocycles. The first kappa shape index (κ1) is 65.1. The molecule has 1 N–H and O–H groups in total. The first-order valence-electron chi connectivity index (χ1n) is 28.4. The molecule has 2 fully saturated rings. The number of esters is 1. The number of hydrogen-bond donors (Lipinski definition) is 1. The summed E-state index contributed by atoms with van der Waals surface area (Å²) in [5.74, 6) is 1.25. The largest absolute Gasteiger partial charge is 0.496 e. The minimum Gasteiger partial charge on any atom is -0.496 e. The summed E-state index contributed by atoms with van der Waals surface area (Å²) in [6.45, 7) is 33.2. The van der Waals surface area contributed by atoms with Gasteiger partial charge in [0, 0.05) is 82.2 Å². The Morgan fingerprint density at radius 2 is 0.892 bits per heavy atom.